The molecule has 23 heavy (non-hydrogen) atoms. The van der Waals surface area contributed by atoms with Gasteiger partial charge >= 0.3 is 5.97 Å². The van der Waals surface area contributed by atoms with Crippen LogP contribution in [0.2, 0.25) is 0 Å². The van der Waals surface area contributed by atoms with Gasteiger partial charge in [-0.15, -0.1) is 0 Å². The number of rotatable bonds is 4. The monoisotopic (exact) mass is 319 g/mol. The molecule has 1 aromatic rings. The maximum absolute atomic E-state index is 12.9. The summed E-state index contributed by atoms with van der Waals surface area (Å²) < 4.78 is 1.85. The van der Waals surface area contributed by atoms with Crippen molar-refractivity contribution >= 4 is 11.9 Å². The normalized spacial score (nSPS) is 25.4. The first-order valence-corrected chi connectivity index (χ1v) is 8.52. The maximum Gasteiger partial charge on any atom is 0.311 e. The predicted octanol–water partition coefficient (Wildman–Crippen LogP) is 2.57. The molecular formula is C17H25N3O3. The van der Waals surface area contributed by atoms with Gasteiger partial charge in [0.25, 0.3) is 5.91 Å². The third-order valence-corrected chi connectivity index (χ3v) is 5.68. The molecule has 6 nitrogen and oxygen atoms in total. The zero-order valence-corrected chi connectivity index (χ0v) is 13.9. The summed E-state index contributed by atoms with van der Waals surface area (Å²) in [5.74, 6) is -0.886. The van der Waals surface area contributed by atoms with E-state index >= 15 is 0 Å². The highest BCUT2D eigenvalue weighted by atomic mass is 16.4. The second-order valence-electron chi connectivity index (χ2n) is 7.19. The Kier molecular flexibility index (Phi) is 4.17. The Balaban J connectivity index is 1.80. The molecule has 2 fully saturated rings. The van der Waals surface area contributed by atoms with E-state index in [1.165, 1.54) is 12.8 Å². The lowest BCUT2D eigenvalue weighted by Crippen LogP contribution is -2.41. The number of nitrogens with zero attached hydrogens (tertiary/aromatic N) is 3. The number of hydrogen-bond acceptors (Lipinski definition) is 3. The minimum absolute atomic E-state index is 0.00228. The van der Waals surface area contributed by atoms with Crippen molar-refractivity contribution in [3.05, 3.63) is 18.0 Å². The topological polar surface area (TPSA) is 75.4 Å². The van der Waals surface area contributed by atoms with E-state index in [9.17, 15) is 14.7 Å². The molecule has 1 amide bonds. The van der Waals surface area contributed by atoms with Gasteiger partial charge in [0, 0.05) is 19.3 Å². The summed E-state index contributed by atoms with van der Waals surface area (Å²) in [6.45, 7) is 4.63. The number of carbonyl (C=O) groups excluding carboxylic acids is 1. The van der Waals surface area contributed by atoms with Crippen LogP contribution in [0.1, 0.15) is 62.5 Å². The lowest BCUT2D eigenvalue weighted by molar-refractivity contribution is -0.150. The number of hydrogen-bond donors (Lipinski definition) is 1. The molecule has 1 unspecified atom stereocenters. The Bertz CT molecular complexity index is 604. The van der Waals surface area contributed by atoms with Crippen LogP contribution in [0.4, 0.5) is 0 Å². The van der Waals surface area contributed by atoms with Gasteiger partial charge in [0.2, 0.25) is 0 Å². The van der Waals surface area contributed by atoms with Gasteiger partial charge in [-0.2, -0.15) is 5.10 Å². The number of carbonyl (C=O) groups is 2. The quantitative estimate of drug-likeness (QED) is 0.925. The Labute approximate surface area is 136 Å². The fraction of sp³-hybridized carbons (Fsp3) is 0.706. The molecular weight excluding hydrogens is 294 g/mol. The van der Waals surface area contributed by atoms with Crippen LogP contribution in [0.3, 0.4) is 0 Å². The summed E-state index contributed by atoms with van der Waals surface area (Å²) in [6, 6.07) is 2.07. The van der Waals surface area contributed by atoms with Gasteiger partial charge in [0.1, 0.15) is 5.69 Å². The van der Waals surface area contributed by atoms with E-state index < -0.39 is 11.4 Å². The van der Waals surface area contributed by atoms with Gasteiger partial charge in [0.05, 0.1) is 11.5 Å². The average molecular weight is 319 g/mol. The van der Waals surface area contributed by atoms with Crippen LogP contribution in [-0.4, -0.2) is 44.8 Å². The lowest BCUT2D eigenvalue weighted by Gasteiger charge is -2.28. The minimum Gasteiger partial charge on any atom is -0.481 e. The standard InChI is InChI=1S/C17H25N3O3/c1-12(2)17(16(22)23)8-10-19(11-17)15(21)14-7-9-18-20(14)13-5-3-4-6-13/h7,9,12-13H,3-6,8,10-11H2,1-2H3,(H,22,23). The van der Waals surface area contributed by atoms with E-state index in [0.717, 1.165) is 12.8 Å². The smallest absolute Gasteiger partial charge is 0.311 e. The summed E-state index contributed by atoms with van der Waals surface area (Å²) in [4.78, 5) is 26.3. The van der Waals surface area contributed by atoms with Gasteiger partial charge < -0.3 is 10.0 Å². The second-order valence-corrected chi connectivity index (χ2v) is 7.19. The molecule has 0 aromatic carbocycles. The number of aromatic nitrogens is 2. The first-order valence-electron chi connectivity index (χ1n) is 8.52. The molecule has 6 heteroatoms. The van der Waals surface area contributed by atoms with E-state index in [1.54, 1.807) is 17.2 Å². The highest BCUT2D eigenvalue weighted by molar-refractivity contribution is 5.93. The molecule has 1 saturated heterocycles. The van der Waals surface area contributed by atoms with Crippen molar-refractivity contribution in [2.75, 3.05) is 13.1 Å². The molecule has 1 aliphatic carbocycles. The van der Waals surface area contributed by atoms with Gasteiger partial charge in [-0.25, -0.2) is 0 Å². The van der Waals surface area contributed by atoms with Crippen molar-refractivity contribution in [1.82, 2.24) is 14.7 Å². The Morgan fingerprint density at radius 1 is 1.35 bits per heavy atom. The van der Waals surface area contributed by atoms with Crippen molar-refractivity contribution in [1.29, 1.82) is 0 Å². The van der Waals surface area contributed by atoms with Gasteiger partial charge in [-0.1, -0.05) is 26.7 Å². The zero-order chi connectivity index (χ0) is 16.6. The van der Waals surface area contributed by atoms with Gasteiger partial charge in [-0.05, 0) is 31.2 Å². The van der Waals surface area contributed by atoms with Crippen LogP contribution in [0.15, 0.2) is 12.3 Å². The fourth-order valence-corrected chi connectivity index (χ4v) is 3.98. The largest absolute Gasteiger partial charge is 0.481 e. The molecule has 2 heterocycles. The van der Waals surface area contributed by atoms with Gasteiger partial charge in [0.15, 0.2) is 0 Å². The highest BCUT2D eigenvalue weighted by Gasteiger charge is 2.48. The first-order chi connectivity index (χ1) is 11.0. The van der Waals surface area contributed by atoms with Crippen molar-refractivity contribution in [3.63, 3.8) is 0 Å². The third kappa shape index (κ3) is 2.64. The van der Waals surface area contributed by atoms with E-state index in [0.29, 0.717) is 24.7 Å². The van der Waals surface area contributed by atoms with Crippen LogP contribution < -0.4 is 0 Å². The van der Waals surface area contributed by atoms with Crippen molar-refractivity contribution in [3.8, 4) is 0 Å². The number of likely N-dealkylation sites (tertiary alicyclic amines) is 1. The third-order valence-electron chi connectivity index (χ3n) is 5.68. The fourth-order valence-electron chi connectivity index (χ4n) is 3.98. The summed E-state index contributed by atoms with van der Waals surface area (Å²) >= 11 is 0. The minimum atomic E-state index is -0.826. The Morgan fingerprint density at radius 2 is 2.04 bits per heavy atom. The lowest BCUT2D eigenvalue weighted by atomic mass is 9.76. The number of carboxylic acid groups (broad SMARTS) is 1. The maximum atomic E-state index is 12.9. The molecule has 1 atom stereocenters. The predicted molar refractivity (Wildman–Crippen MR) is 85.2 cm³/mol. The molecule has 1 aliphatic heterocycles. The van der Waals surface area contributed by atoms with E-state index in [-0.39, 0.29) is 18.4 Å². The molecule has 2 aliphatic rings. The zero-order valence-electron chi connectivity index (χ0n) is 13.9. The molecule has 1 aromatic heterocycles. The second kappa shape index (κ2) is 5.98. The van der Waals surface area contributed by atoms with Crippen LogP contribution in [0, 0.1) is 11.3 Å². The molecule has 0 bridgehead atoms. The van der Waals surface area contributed by atoms with Crippen LogP contribution in [-0.2, 0) is 4.79 Å². The molecule has 1 saturated carbocycles. The number of amides is 1. The van der Waals surface area contributed by atoms with Crippen molar-refractivity contribution < 1.29 is 14.7 Å². The average Bonchev–Trinajstić information content (AvgIpc) is 3.24. The van der Waals surface area contributed by atoms with E-state index in [1.807, 2.05) is 18.5 Å². The number of carboxylic acids is 1. The summed E-state index contributed by atoms with van der Waals surface area (Å²) in [7, 11) is 0. The first kappa shape index (κ1) is 16.0. The van der Waals surface area contributed by atoms with Crippen molar-refractivity contribution in [2.45, 2.75) is 52.0 Å². The molecule has 3 rings (SSSR count). The Hall–Kier alpha value is -1.85. The highest BCUT2D eigenvalue weighted by Crippen LogP contribution is 2.39. The number of aliphatic carboxylic acids is 1. The van der Waals surface area contributed by atoms with Crippen LogP contribution >= 0.6 is 0 Å². The molecule has 0 spiro atoms. The van der Waals surface area contributed by atoms with Crippen molar-refractivity contribution in [2.24, 2.45) is 11.3 Å². The van der Waals surface area contributed by atoms with Gasteiger partial charge in [-0.3, -0.25) is 14.3 Å². The summed E-state index contributed by atoms with van der Waals surface area (Å²) in [5, 5.41) is 14.0. The SMILES string of the molecule is CC(C)C1(C(=O)O)CCN(C(=O)c2ccnn2C2CCCC2)C1. The summed E-state index contributed by atoms with van der Waals surface area (Å²) in [6.07, 6.45) is 6.67. The van der Waals surface area contributed by atoms with E-state index in [2.05, 4.69) is 5.10 Å². The molecule has 126 valence electrons. The Morgan fingerprint density at radius 3 is 2.61 bits per heavy atom. The van der Waals surface area contributed by atoms with E-state index in [4.69, 9.17) is 0 Å². The molecule has 0 radical (unpaired) electrons. The van der Waals surface area contributed by atoms with Crippen LogP contribution in [0.25, 0.3) is 0 Å². The van der Waals surface area contributed by atoms with Crippen LogP contribution in [0.5, 0.6) is 0 Å². The molecule has 1 N–H and O–H groups in total. The summed E-state index contributed by atoms with van der Waals surface area (Å²) in [5.41, 5.74) is -0.227.